The Labute approximate surface area is 78.1 Å². The van der Waals surface area contributed by atoms with Crippen LogP contribution in [0.1, 0.15) is 33.6 Å². The van der Waals surface area contributed by atoms with E-state index < -0.39 is 0 Å². The van der Waals surface area contributed by atoms with Crippen molar-refractivity contribution in [2.24, 2.45) is 0 Å². The van der Waals surface area contributed by atoms with Gasteiger partial charge in [-0.15, -0.1) is 5.10 Å². The number of anilines is 2. The number of nitrogen functional groups attached to an aromatic ring is 1. The Morgan fingerprint density at radius 1 is 1.54 bits per heavy atom. The molecule has 4 N–H and O–H groups in total. The zero-order chi connectivity index (χ0) is 9.90. The maximum Gasteiger partial charge on any atom is 0.244 e. The second-order valence-corrected chi connectivity index (χ2v) is 3.80. The molecule has 74 valence electrons. The summed E-state index contributed by atoms with van der Waals surface area (Å²) in [6, 6.07) is 0. The maximum atomic E-state index is 5.40. The second kappa shape index (κ2) is 3.64. The van der Waals surface area contributed by atoms with Crippen LogP contribution in [0.2, 0.25) is 0 Å². The highest BCUT2D eigenvalue weighted by molar-refractivity contribution is 5.32. The fraction of sp³-hybridized carbons (Fsp3) is 0.750. The Hall–Kier alpha value is -1.26. The highest BCUT2D eigenvalue weighted by Gasteiger charge is 2.17. The van der Waals surface area contributed by atoms with Crippen LogP contribution in [0, 0.1) is 0 Å². The number of H-pyrrole nitrogens is 1. The molecule has 0 fully saturated rings. The largest absolute Gasteiger partial charge is 0.368 e. The molecule has 5 nitrogen and oxygen atoms in total. The second-order valence-electron chi connectivity index (χ2n) is 3.80. The average molecular weight is 183 g/mol. The van der Waals surface area contributed by atoms with Gasteiger partial charge in [-0.1, -0.05) is 13.3 Å². The lowest BCUT2D eigenvalue weighted by Gasteiger charge is -2.24. The van der Waals surface area contributed by atoms with Gasteiger partial charge in [0.1, 0.15) is 0 Å². The Morgan fingerprint density at radius 2 is 2.23 bits per heavy atom. The number of hydrogen-bond acceptors (Lipinski definition) is 4. The van der Waals surface area contributed by atoms with Crippen LogP contribution in [-0.4, -0.2) is 20.7 Å². The normalized spacial score (nSPS) is 11.6. The van der Waals surface area contributed by atoms with Crippen LogP contribution in [0.3, 0.4) is 0 Å². The van der Waals surface area contributed by atoms with E-state index in [1.807, 2.05) is 0 Å². The van der Waals surface area contributed by atoms with E-state index in [1.54, 1.807) is 0 Å². The minimum absolute atomic E-state index is 0.0172. The quantitative estimate of drug-likeness (QED) is 0.658. The lowest BCUT2D eigenvalue weighted by molar-refractivity contribution is 0.507. The first-order valence-corrected chi connectivity index (χ1v) is 4.49. The summed E-state index contributed by atoms with van der Waals surface area (Å²) in [5.74, 6) is 0.908. The molecule has 5 heteroatoms. The van der Waals surface area contributed by atoms with E-state index >= 15 is 0 Å². The third kappa shape index (κ3) is 2.93. The number of aromatic amines is 1. The number of aromatic nitrogens is 3. The molecule has 1 aromatic heterocycles. The van der Waals surface area contributed by atoms with Crippen molar-refractivity contribution in [1.82, 2.24) is 15.2 Å². The Balaban J connectivity index is 2.57. The van der Waals surface area contributed by atoms with Gasteiger partial charge in [0.05, 0.1) is 0 Å². The number of nitrogens with zero attached hydrogens (tertiary/aromatic N) is 2. The van der Waals surface area contributed by atoms with Crippen molar-refractivity contribution < 1.29 is 0 Å². The van der Waals surface area contributed by atoms with Crippen molar-refractivity contribution in [3.63, 3.8) is 0 Å². The molecule has 0 aromatic carbocycles. The highest BCUT2D eigenvalue weighted by atomic mass is 15.3. The van der Waals surface area contributed by atoms with Gasteiger partial charge >= 0.3 is 0 Å². The molecule has 0 saturated heterocycles. The van der Waals surface area contributed by atoms with Crippen LogP contribution >= 0.6 is 0 Å². The first-order valence-electron chi connectivity index (χ1n) is 4.49. The zero-order valence-corrected chi connectivity index (χ0v) is 8.39. The molecule has 0 unspecified atom stereocenters. The van der Waals surface area contributed by atoms with Crippen molar-refractivity contribution in [2.45, 2.75) is 39.2 Å². The van der Waals surface area contributed by atoms with Crippen molar-refractivity contribution in [1.29, 1.82) is 0 Å². The van der Waals surface area contributed by atoms with Gasteiger partial charge in [-0.3, -0.25) is 0 Å². The topological polar surface area (TPSA) is 79.6 Å². The third-order valence-corrected chi connectivity index (χ3v) is 1.83. The molecular weight excluding hydrogens is 166 g/mol. The van der Waals surface area contributed by atoms with E-state index in [2.05, 4.69) is 41.3 Å². The monoisotopic (exact) mass is 183 g/mol. The van der Waals surface area contributed by atoms with E-state index in [-0.39, 0.29) is 5.54 Å². The molecule has 1 heterocycles. The van der Waals surface area contributed by atoms with Crippen molar-refractivity contribution in [2.75, 3.05) is 11.1 Å². The number of nitrogens with two attached hydrogens (primary N) is 1. The van der Waals surface area contributed by atoms with Crippen LogP contribution in [0.4, 0.5) is 11.9 Å². The standard InChI is InChI=1S/C8H17N5/c1-4-5-8(2,3)11-7-10-6(9)12-13-7/h4-5H2,1-3H3,(H4,9,10,11,12,13). The van der Waals surface area contributed by atoms with Crippen LogP contribution in [-0.2, 0) is 0 Å². The van der Waals surface area contributed by atoms with E-state index in [9.17, 15) is 0 Å². The Morgan fingerprint density at radius 3 is 2.69 bits per heavy atom. The molecule has 0 saturated carbocycles. The minimum Gasteiger partial charge on any atom is -0.368 e. The summed E-state index contributed by atoms with van der Waals surface area (Å²) >= 11 is 0. The number of nitrogens with one attached hydrogen (secondary N) is 2. The molecule has 1 rings (SSSR count). The van der Waals surface area contributed by atoms with Gasteiger partial charge in [-0.2, -0.15) is 4.98 Å². The lowest BCUT2D eigenvalue weighted by atomic mass is 9.99. The van der Waals surface area contributed by atoms with Gasteiger partial charge in [0, 0.05) is 5.54 Å². The molecule has 0 amide bonds. The zero-order valence-electron chi connectivity index (χ0n) is 8.39. The average Bonchev–Trinajstić information content (AvgIpc) is 2.34. The number of hydrogen-bond donors (Lipinski definition) is 3. The van der Waals surface area contributed by atoms with E-state index in [1.165, 1.54) is 0 Å². The van der Waals surface area contributed by atoms with E-state index in [0.29, 0.717) is 11.9 Å². The van der Waals surface area contributed by atoms with Crippen molar-refractivity contribution in [3.8, 4) is 0 Å². The SMILES string of the molecule is CCCC(C)(C)Nc1n[nH]c(N)n1. The molecule has 0 aliphatic rings. The van der Waals surface area contributed by atoms with E-state index in [0.717, 1.165) is 12.8 Å². The molecule has 1 aromatic rings. The summed E-state index contributed by atoms with van der Waals surface area (Å²) in [5.41, 5.74) is 5.42. The summed E-state index contributed by atoms with van der Waals surface area (Å²) in [7, 11) is 0. The predicted octanol–water partition coefficient (Wildman–Crippen LogP) is 1.38. The van der Waals surface area contributed by atoms with E-state index in [4.69, 9.17) is 5.73 Å². The maximum absolute atomic E-state index is 5.40. The van der Waals surface area contributed by atoms with Gasteiger partial charge < -0.3 is 11.1 Å². The molecule has 0 aliphatic carbocycles. The highest BCUT2D eigenvalue weighted by Crippen LogP contribution is 2.16. The van der Waals surface area contributed by atoms with Crippen LogP contribution < -0.4 is 11.1 Å². The molecule has 0 aliphatic heterocycles. The van der Waals surface area contributed by atoms with Gasteiger partial charge in [0.2, 0.25) is 11.9 Å². The fourth-order valence-electron chi connectivity index (χ4n) is 1.32. The summed E-state index contributed by atoms with van der Waals surface area (Å²) in [4.78, 5) is 3.98. The van der Waals surface area contributed by atoms with Gasteiger partial charge in [-0.25, -0.2) is 5.10 Å². The van der Waals surface area contributed by atoms with Crippen molar-refractivity contribution in [3.05, 3.63) is 0 Å². The van der Waals surface area contributed by atoms with Gasteiger partial charge in [-0.05, 0) is 20.3 Å². The molecule has 0 spiro atoms. The third-order valence-electron chi connectivity index (χ3n) is 1.83. The lowest BCUT2D eigenvalue weighted by Crippen LogP contribution is -2.31. The van der Waals surface area contributed by atoms with Crippen molar-refractivity contribution >= 4 is 11.9 Å². The Bertz CT molecular complexity index is 265. The van der Waals surface area contributed by atoms with Crippen LogP contribution in [0.25, 0.3) is 0 Å². The summed E-state index contributed by atoms with van der Waals surface area (Å²) in [6.07, 6.45) is 2.20. The minimum atomic E-state index is 0.0172. The summed E-state index contributed by atoms with van der Waals surface area (Å²) < 4.78 is 0. The molecule has 0 bridgehead atoms. The Kier molecular flexibility index (Phi) is 2.75. The molecule has 13 heavy (non-hydrogen) atoms. The number of rotatable bonds is 4. The van der Waals surface area contributed by atoms with Gasteiger partial charge in [0.25, 0.3) is 0 Å². The first-order chi connectivity index (χ1) is 6.03. The predicted molar refractivity (Wildman–Crippen MR) is 53.4 cm³/mol. The summed E-state index contributed by atoms with van der Waals surface area (Å²) in [6.45, 7) is 6.38. The molecule has 0 radical (unpaired) electrons. The molecular formula is C8H17N5. The van der Waals surface area contributed by atoms with Gasteiger partial charge in [0.15, 0.2) is 0 Å². The summed E-state index contributed by atoms with van der Waals surface area (Å²) in [5, 5.41) is 9.70. The molecule has 0 atom stereocenters. The first kappa shape index (κ1) is 9.83. The van der Waals surface area contributed by atoms with Crippen LogP contribution in [0.5, 0.6) is 0 Å². The smallest absolute Gasteiger partial charge is 0.244 e. The van der Waals surface area contributed by atoms with Crippen LogP contribution in [0.15, 0.2) is 0 Å². The fourth-order valence-corrected chi connectivity index (χ4v) is 1.32.